The number of nitrogens with one attached hydrogen (secondary N) is 2. The molecule has 3 atom stereocenters. The highest BCUT2D eigenvalue weighted by molar-refractivity contribution is 6.19. The van der Waals surface area contributed by atoms with Crippen LogP contribution >= 0.6 is 0 Å². The normalized spacial score (nSPS) is 16.0. The van der Waals surface area contributed by atoms with Crippen molar-refractivity contribution in [2.45, 2.75) is 138 Å². The van der Waals surface area contributed by atoms with Crippen LogP contribution in [0.2, 0.25) is 0 Å². The summed E-state index contributed by atoms with van der Waals surface area (Å²) >= 11 is 0. The molecule has 3 unspecified atom stereocenters. The number of ketones is 1. The summed E-state index contributed by atoms with van der Waals surface area (Å²) in [6, 6.07) is 17.8. The molecule has 11 nitrogen and oxygen atoms in total. The molecule has 0 saturated carbocycles. The van der Waals surface area contributed by atoms with Crippen LogP contribution in [0.1, 0.15) is 118 Å². The van der Waals surface area contributed by atoms with E-state index in [0.29, 0.717) is 29.1 Å². The van der Waals surface area contributed by atoms with Crippen LogP contribution in [0.3, 0.4) is 0 Å². The van der Waals surface area contributed by atoms with E-state index in [9.17, 15) is 24.0 Å². The van der Waals surface area contributed by atoms with Gasteiger partial charge in [-0.1, -0.05) is 118 Å². The van der Waals surface area contributed by atoms with Crippen molar-refractivity contribution in [2.24, 2.45) is 5.41 Å². The van der Waals surface area contributed by atoms with Crippen molar-refractivity contribution >= 4 is 40.9 Å². The van der Waals surface area contributed by atoms with Gasteiger partial charge in [0.25, 0.3) is 17.7 Å². The van der Waals surface area contributed by atoms with Gasteiger partial charge in [-0.2, -0.15) is 0 Å². The predicted molar refractivity (Wildman–Crippen MR) is 224 cm³/mol. The van der Waals surface area contributed by atoms with Gasteiger partial charge in [0.05, 0.1) is 6.54 Å². The molecule has 1 saturated heterocycles. The van der Waals surface area contributed by atoms with Gasteiger partial charge in [0.2, 0.25) is 6.23 Å². The number of hydrogen-bond donors (Lipinski definition) is 2. The zero-order valence-corrected chi connectivity index (χ0v) is 35.9. The zero-order chi connectivity index (χ0) is 42.5. The predicted octanol–water partition coefficient (Wildman–Crippen LogP) is 8.92. The van der Waals surface area contributed by atoms with Gasteiger partial charge in [0.15, 0.2) is 17.9 Å². The summed E-state index contributed by atoms with van der Waals surface area (Å²) in [5.74, 6) is -2.00. The van der Waals surface area contributed by atoms with Crippen molar-refractivity contribution in [3.63, 3.8) is 0 Å². The molecule has 0 radical (unpaired) electrons. The number of nitrogens with zero attached hydrogens (tertiary/aromatic N) is 2. The summed E-state index contributed by atoms with van der Waals surface area (Å²) < 4.78 is 12.2. The fourth-order valence-corrected chi connectivity index (χ4v) is 6.55. The molecule has 0 bridgehead atoms. The molecule has 11 heteroatoms. The first kappa shape index (κ1) is 44.7. The van der Waals surface area contributed by atoms with Gasteiger partial charge in [-0.25, -0.2) is 9.69 Å². The summed E-state index contributed by atoms with van der Waals surface area (Å²) in [5, 5.41) is 5.74. The molecule has 4 rings (SSSR count). The van der Waals surface area contributed by atoms with Gasteiger partial charge < -0.3 is 20.1 Å². The molecular weight excluding hydrogens is 721 g/mol. The second kappa shape index (κ2) is 18.1. The van der Waals surface area contributed by atoms with Gasteiger partial charge in [-0.3, -0.25) is 24.1 Å². The lowest BCUT2D eigenvalue weighted by Gasteiger charge is -2.31. The van der Waals surface area contributed by atoms with Crippen molar-refractivity contribution < 1.29 is 33.4 Å². The molecule has 1 aliphatic rings. The molecule has 2 N–H and O–H groups in total. The third-order valence-corrected chi connectivity index (χ3v) is 11.2. The van der Waals surface area contributed by atoms with E-state index in [2.05, 4.69) is 64.3 Å². The molecule has 3 aromatic carbocycles. The van der Waals surface area contributed by atoms with Gasteiger partial charge in [0.1, 0.15) is 5.75 Å². The molecule has 5 amide bonds. The number of hydrogen-bond acceptors (Lipinski definition) is 7. The minimum absolute atomic E-state index is 0.0224. The Hall–Kier alpha value is -5.03. The minimum Gasteiger partial charge on any atom is -0.480 e. The number of aryl methyl sites for hydroxylation is 1. The second-order valence-electron chi connectivity index (χ2n) is 17.1. The number of ether oxygens (including phenoxy) is 2. The summed E-state index contributed by atoms with van der Waals surface area (Å²) in [6.45, 7) is 23.5. The number of amides is 5. The quantitative estimate of drug-likeness (QED) is 0.103. The molecule has 0 aromatic heterocycles. The van der Waals surface area contributed by atoms with Crippen LogP contribution in [-0.2, 0) is 41.3 Å². The summed E-state index contributed by atoms with van der Waals surface area (Å²) in [7, 11) is 0. The van der Waals surface area contributed by atoms with Crippen LogP contribution in [0, 0.1) is 12.3 Å². The first-order valence-corrected chi connectivity index (χ1v) is 20.1. The van der Waals surface area contributed by atoms with Gasteiger partial charge in [0, 0.05) is 29.0 Å². The maximum absolute atomic E-state index is 14.2. The maximum atomic E-state index is 14.2. The number of anilines is 2. The monoisotopic (exact) mass is 782 g/mol. The van der Waals surface area contributed by atoms with Crippen molar-refractivity contribution in [1.29, 1.82) is 0 Å². The number of carbonyl (C=O) groups excluding carboxylic acids is 5. The minimum atomic E-state index is -1.79. The van der Waals surface area contributed by atoms with E-state index < -0.39 is 47.4 Å². The first-order valence-electron chi connectivity index (χ1n) is 20.1. The van der Waals surface area contributed by atoms with Crippen LogP contribution in [0.25, 0.3) is 0 Å². The summed E-state index contributed by atoms with van der Waals surface area (Å²) in [6.07, 6.45) is 0.112. The molecule has 3 aromatic rings. The van der Waals surface area contributed by atoms with Crippen molar-refractivity contribution in [3.8, 4) is 5.75 Å². The van der Waals surface area contributed by atoms with E-state index in [1.807, 2.05) is 43.3 Å². The zero-order valence-electron chi connectivity index (χ0n) is 35.9. The third kappa shape index (κ3) is 10.1. The van der Waals surface area contributed by atoms with Crippen molar-refractivity contribution in [3.05, 3.63) is 89.0 Å². The number of urea groups is 1. The highest BCUT2D eigenvalue weighted by atomic mass is 16.5. The molecular formula is C46H62N4O7. The largest absolute Gasteiger partial charge is 0.480 e. The SMILES string of the molecule is CCOC1C(=O)N(C(C(=O)Nc2cc(NC(=O)C(CC)Oc3ccc(C(C)(C)CC)cc3C(C)(C)CC)ccc2C)C(=O)C(C)(C)C)C(=O)N1Cc1ccccc1. The Morgan fingerprint density at radius 1 is 0.789 bits per heavy atom. The molecule has 0 spiro atoms. The molecule has 1 aliphatic heterocycles. The first-order chi connectivity index (χ1) is 26.7. The van der Waals surface area contributed by atoms with Crippen LogP contribution in [0.15, 0.2) is 66.7 Å². The van der Waals surface area contributed by atoms with Crippen LogP contribution < -0.4 is 15.4 Å². The molecule has 308 valence electrons. The van der Waals surface area contributed by atoms with Gasteiger partial charge >= 0.3 is 6.03 Å². The summed E-state index contributed by atoms with van der Waals surface area (Å²) in [4.78, 5) is 72.0. The average molecular weight is 783 g/mol. The number of imide groups is 1. The topological polar surface area (TPSA) is 134 Å². The van der Waals surface area contributed by atoms with E-state index in [0.717, 1.165) is 28.9 Å². The Morgan fingerprint density at radius 2 is 1.44 bits per heavy atom. The van der Waals surface area contributed by atoms with Crippen molar-refractivity contribution in [1.82, 2.24) is 9.80 Å². The second-order valence-corrected chi connectivity index (χ2v) is 17.1. The van der Waals surface area contributed by atoms with E-state index in [1.165, 1.54) is 10.5 Å². The van der Waals surface area contributed by atoms with E-state index in [1.54, 1.807) is 52.8 Å². The molecule has 1 heterocycles. The van der Waals surface area contributed by atoms with Crippen LogP contribution in [0.4, 0.5) is 16.2 Å². The lowest BCUT2D eigenvalue weighted by molar-refractivity contribution is -0.149. The Balaban J connectivity index is 1.61. The lowest BCUT2D eigenvalue weighted by Crippen LogP contribution is -2.55. The van der Waals surface area contributed by atoms with Gasteiger partial charge in [-0.15, -0.1) is 0 Å². The number of benzene rings is 3. The Morgan fingerprint density at radius 3 is 2.02 bits per heavy atom. The fourth-order valence-electron chi connectivity index (χ4n) is 6.55. The molecule has 0 aliphatic carbocycles. The van der Waals surface area contributed by atoms with E-state index in [-0.39, 0.29) is 29.9 Å². The number of rotatable bonds is 17. The van der Waals surface area contributed by atoms with Crippen molar-refractivity contribution in [2.75, 3.05) is 17.2 Å². The van der Waals surface area contributed by atoms with Crippen LogP contribution in [0.5, 0.6) is 5.75 Å². The Kier molecular flexibility index (Phi) is 14.1. The number of carbonyl (C=O) groups is 5. The van der Waals surface area contributed by atoms with E-state index in [4.69, 9.17) is 9.47 Å². The Bertz CT molecular complexity index is 1950. The van der Waals surface area contributed by atoms with Crippen LogP contribution in [-0.4, -0.2) is 64.3 Å². The van der Waals surface area contributed by atoms with Gasteiger partial charge in [-0.05, 0) is 78.8 Å². The number of Topliss-reactive ketones (excluding diaryl/α,β-unsaturated/α-hetero) is 1. The third-order valence-electron chi connectivity index (χ3n) is 11.2. The standard InChI is InChI=1S/C46H62N4O7/c1-13-35(57-36-25-23-31(45(9,10)14-2)26-33(36)46(11,12)15-3)39(52)47-32-24-22-29(5)34(27-32)48-40(53)37(38(51)44(6,7)8)50-41(54)42(56-16-4)49(43(50)55)28-30-20-18-17-19-21-30/h17-27,35,37,42H,13-16,28H2,1-12H3,(H,47,52)(H,48,53). The maximum Gasteiger partial charge on any atom is 0.330 e. The molecule has 1 fully saturated rings. The average Bonchev–Trinajstić information content (AvgIpc) is 3.38. The summed E-state index contributed by atoms with van der Waals surface area (Å²) in [5.41, 5.74) is 2.98. The fraction of sp³-hybridized carbons (Fsp3) is 0.500. The van der Waals surface area contributed by atoms with E-state index >= 15 is 0 Å². The lowest BCUT2D eigenvalue weighted by atomic mass is 9.76. The highest BCUT2D eigenvalue weighted by Crippen LogP contribution is 2.39. The highest BCUT2D eigenvalue weighted by Gasteiger charge is 2.54. The Labute approximate surface area is 338 Å². The molecule has 57 heavy (non-hydrogen) atoms. The smallest absolute Gasteiger partial charge is 0.330 e.